The highest BCUT2D eigenvalue weighted by Crippen LogP contribution is 2.15. The van der Waals surface area contributed by atoms with Gasteiger partial charge >= 0.3 is 0 Å². The molecule has 23 heavy (non-hydrogen) atoms. The second kappa shape index (κ2) is 7.23. The van der Waals surface area contributed by atoms with E-state index in [-0.39, 0.29) is 11.5 Å². The van der Waals surface area contributed by atoms with E-state index >= 15 is 0 Å². The van der Waals surface area contributed by atoms with E-state index in [2.05, 4.69) is 21.0 Å². The lowest BCUT2D eigenvalue weighted by atomic mass is 10.1. The van der Waals surface area contributed by atoms with Gasteiger partial charge in [-0.15, -0.1) is 0 Å². The molecule has 1 aliphatic heterocycles. The summed E-state index contributed by atoms with van der Waals surface area (Å²) in [6, 6.07) is 7.94. The number of benzene rings is 1. The van der Waals surface area contributed by atoms with Crippen molar-refractivity contribution < 1.29 is 9.18 Å². The van der Waals surface area contributed by atoms with Crippen LogP contribution in [0.4, 0.5) is 10.2 Å². The van der Waals surface area contributed by atoms with E-state index in [1.807, 2.05) is 10.7 Å². The Morgan fingerprint density at radius 1 is 1.35 bits per heavy atom. The van der Waals surface area contributed by atoms with Crippen molar-refractivity contribution in [1.82, 2.24) is 20.4 Å². The third-order valence-electron chi connectivity index (χ3n) is 3.86. The van der Waals surface area contributed by atoms with Gasteiger partial charge in [0.1, 0.15) is 11.6 Å². The summed E-state index contributed by atoms with van der Waals surface area (Å²) in [6.45, 7) is 3.72. The van der Waals surface area contributed by atoms with Crippen LogP contribution in [0.3, 0.4) is 0 Å². The number of fused-ring (bicyclic) bond motifs is 1. The van der Waals surface area contributed by atoms with E-state index in [1.54, 1.807) is 18.3 Å². The van der Waals surface area contributed by atoms with Crippen LogP contribution < -0.4 is 16.0 Å². The first kappa shape index (κ1) is 15.5. The number of anilines is 1. The van der Waals surface area contributed by atoms with Gasteiger partial charge in [0.15, 0.2) is 0 Å². The summed E-state index contributed by atoms with van der Waals surface area (Å²) in [6.07, 6.45) is 1.79. The van der Waals surface area contributed by atoms with Gasteiger partial charge in [0.2, 0.25) is 0 Å². The smallest absolute Gasteiger partial charge is 0.254 e. The maximum atomic E-state index is 13.5. The molecule has 1 atom stereocenters. The van der Waals surface area contributed by atoms with E-state index < -0.39 is 5.82 Å². The SMILES string of the molecule is O=C(NCCNCC1CNc2ccnn2C1)c1ccccc1F. The number of aromatic nitrogens is 2. The second-order valence-electron chi connectivity index (χ2n) is 5.59. The summed E-state index contributed by atoms with van der Waals surface area (Å²) < 4.78 is 15.4. The van der Waals surface area contributed by atoms with Crippen molar-refractivity contribution in [2.24, 2.45) is 5.92 Å². The molecule has 0 saturated heterocycles. The Hall–Kier alpha value is -2.41. The van der Waals surface area contributed by atoms with E-state index in [0.717, 1.165) is 25.5 Å². The Kier molecular flexibility index (Phi) is 4.87. The van der Waals surface area contributed by atoms with Gasteiger partial charge in [-0.25, -0.2) is 9.07 Å². The van der Waals surface area contributed by atoms with E-state index in [1.165, 1.54) is 12.1 Å². The number of carbonyl (C=O) groups excluding carboxylic acids is 1. The molecule has 1 aromatic heterocycles. The topological polar surface area (TPSA) is 71.0 Å². The molecule has 1 aliphatic rings. The van der Waals surface area contributed by atoms with Gasteiger partial charge in [0.05, 0.1) is 11.8 Å². The van der Waals surface area contributed by atoms with Crippen LogP contribution in [0.1, 0.15) is 10.4 Å². The molecule has 122 valence electrons. The van der Waals surface area contributed by atoms with Crippen molar-refractivity contribution >= 4 is 11.7 Å². The Morgan fingerprint density at radius 3 is 3.09 bits per heavy atom. The largest absolute Gasteiger partial charge is 0.370 e. The minimum absolute atomic E-state index is 0.0789. The van der Waals surface area contributed by atoms with Gasteiger partial charge in [-0.2, -0.15) is 5.10 Å². The molecule has 3 rings (SSSR count). The first-order valence-corrected chi connectivity index (χ1v) is 7.73. The second-order valence-corrected chi connectivity index (χ2v) is 5.59. The molecule has 6 nitrogen and oxygen atoms in total. The molecule has 0 bridgehead atoms. The maximum absolute atomic E-state index is 13.5. The van der Waals surface area contributed by atoms with Crippen LogP contribution >= 0.6 is 0 Å². The molecule has 2 aromatic rings. The number of amides is 1. The molecule has 0 radical (unpaired) electrons. The lowest BCUT2D eigenvalue weighted by Crippen LogP contribution is -2.38. The minimum atomic E-state index is -0.499. The molecular weight excluding hydrogens is 297 g/mol. The Labute approximate surface area is 134 Å². The Bertz CT molecular complexity index is 672. The Balaban J connectivity index is 1.35. The van der Waals surface area contributed by atoms with Crippen LogP contribution in [0, 0.1) is 11.7 Å². The highest BCUT2D eigenvalue weighted by molar-refractivity contribution is 5.94. The molecule has 0 saturated carbocycles. The maximum Gasteiger partial charge on any atom is 0.254 e. The molecule has 1 aromatic carbocycles. The average molecular weight is 317 g/mol. The Morgan fingerprint density at radius 2 is 2.22 bits per heavy atom. The molecule has 1 unspecified atom stereocenters. The highest BCUT2D eigenvalue weighted by Gasteiger charge is 2.17. The normalized spacial score (nSPS) is 16.5. The lowest BCUT2D eigenvalue weighted by molar-refractivity contribution is 0.0950. The zero-order valence-electron chi connectivity index (χ0n) is 12.8. The van der Waals surface area contributed by atoms with Gasteiger partial charge in [-0.05, 0) is 12.1 Å². The van der Waals surface area contributed by atoms with Crippen LogP contribution in [0.25, 0.3) is 0 Å². The predicted molar refractivity (Wildman–Crippen MR) is 85.8 cm³/mol. The monoisotopic (exact) mass is 317 g/mol. The molecule has 0 spiro atoms. The number of halogens is 1. The molecule has 0 fully saturated rings. The van der Waals surface area contributed by atoms with Crippen molar-refractivity contribution in [3.8, 4) is 0 Å². The number of hydrogen-bond acceptors (Lipinski definition) is 4. The molecule has 2 heterocycles. The van der Waals surface area contributed by atoms with Crippen LogP contribution in [0.2, 0.25) is 0 Å². The number of carbonyl (C=O) groups is 1. The average Bonchev–Trinajstić information content (AvgIpc) is 3.02. The van der Waals surface area contributed by atoms with Crippen molar-refractivity contribution in [3.05, 3.63) is 47.9 Å². The number of rotatable bonds is 6. The molecule has 3 N–H and O–H groups in total. The fraction of sp³-hybridized carbons (Fsp3) is 0.375. The van der Waals surface area contributed by atoms with Crippen LogP contribution in [-0.2, 0) is 6.54 Å². The van der Waals surface area contributed by atoms with Gasteiger partial charge in [-0.3, -0.25) is 4.79 Å². The predicted octanol–water partition coefficient (Wildman–Crippen LogP) is 1.08. The third-order valence-corrected chi connectivity index (χ3v) is 3.86. The molecule has 0 aliphatic carbocycles. The van der Waals surface area contributed by atoms with Crippen molar-refractivity contribution in [1.29, 1.82) is 0 Å². The quantitative estimate of drug-likeness (QED) is 0.697. The van der Waals surface area contributed by atoms with Gasteiger partial charge in [0.25, 0.3) is 5.91 Å². The first-order valence-electron chi connectivity index (χ1n) is 7.73. The fourth-order valence-electron chi connectivity index (χ4n) is 2.63. The summed E-state index contributed by atoms with van der Waals surface area (Å²) in [5.41, 5.74) is 0.0789. The van der Waals surface area contributed by atoms with E-state index in [9.17, 15) is 9.18 Å². The van der Waals surface area contributed by atoms with Crippen LogP contribution in [-0.4, -0.2) is 41.9 Å². The van der Waals surface area contributed by atoms with Crippen LogP contribution in [0.5, 0.6) is 0 Å². The molecule has 7 heteroatoms. The van der Waals surface area contributed by atoms with Crippen molar-refractivity contribution in [2.75, 3.05) is 31.5 Å². The third kappa shape index (κ3) is 3.87. The lowest BCUT2D eigenvalue weighted by Gasteiger charge is -2.25. The zero-order chi connectivity index (χ0) is 16.1. The number of nitrogens with zero attached hydrogens (tertiary/aromatic N) is 2. The summed E-state index contributed by atoms with van der Waals surface area (Å²) in [7, 11) is 0. The molecular formula is C16H20FN5O. The van der Waals surface area contributed by atoms with Gasteiger partial charge in [0, 0.05) is 44.7 Å². The summed E-state index contributed by atoms with van der Waals surface area (Å²) in [4.78, 5) is 11.8. The van der Waals surface area contributed by atoms with Crippen molar-refractivity contribution in [2.45, 2.75) is 6.54 Å². The zero-order valence-corrected chi connectivity index (χ0v) is 12.8. The van der Waals surface area contributed by atoms with E-state index in [4.69, 9.17) is 0 Å². The fourth-order valence-corrected chi connectivity index (χ4v) is 2.63. The number of nitrogens with one attached hydrogen (secondary N) is 3. The first-order chi connectivity index (χ1) is 11.2. The summed E-state index contributed by atoms with van der Waals surface area (Å²) in [5, 5.41) is 13.6. The minimum Gasteiger partial charge on any atom is -0.370 e. The number of hydrogen-bond donors (Lipinski definition) is 3. The van der Waals surface area contributed by atoms with Gasteiger partial charge in [-0.1, -0.05) is 12.1 Å². The summed E-state index contributed by atoms with van der Waals surface area (Å²) in [5.74, 6) is 0.620. The van der Waals surface area contributed by atoms with Crippen LogP contribution in [0.15, 0.2) is 36.5 Å². The molecule has 1 amide bonds. The highest BCUT2D eigenvalue weighted by atomic mass is 19.1. The van der Waals surface area contributed by atoms with Crippen molar-refractivity contribution in [3.63, 3.8) is 0 Å². The van der Waals surface area contributed by atoms with Gasteiger partial charge < -0.3 is 16.0 Å². The van der Waals surface area contributed by atoms with E-state index in [0.29, 0.717) is 19.0 Å². The summed E-state index contributed by atoms with van der Waals surface area (Å²) >= 11 is 0. The standard InChI is InChI=1S/C16H20FN5O/c17-14-4-2-1-3-13(14)16(23)19-8-7-18-9-12-10-20-15-5-6-21-22(15)11-12/h1-6,12,18,20H,7-11H2,(H,19,23).